The number of anilines is 1. The van der Waals surface area contributed by atoms with Crippen molar-refractivity contribution in [3.05, 3.63) is 71.1 Å². The second-order valence-electron chi connectivity index (χ2n) is 3.92. The van der Waals surface area contributed by atoms with E-state index in [1.54, 1.807) is 0 Å². The van der Waals surface area contributed by atoms with Gasteiger partial charge >= 0.3 is 0 Å². The second kappa shape index (κ2) is 5.01. The summed E-state index contributed by atoms with van der Waals surface area (Å²) in [5.41, 5.74) is 8.19. The summed E-state index contributed by atoms with van der Waals surface area (Å²) in [5, 5.41) is 1.95. The summed E-state index contributed by atoms with van der Waals surface area (Å²) < 4.78 is 0. The molecular weight excluding hydrogens is 388 g/mol. The molecule has 1 aliphatic rings. The molecule has 1 radical (unpaired) electrons. The molecule has 1 atom stereocenters. The third kappa shape index (κ3) is 2.14. The fourth-order valence-electron chi connectivity index (χ4n) is 2.12. The molecule has 17 heavy (non-hydrogen) atoms. The van der Waals surface area contributed by atoms with E-state index < -0.39 is 0 Å². The Kier molecular flexibility index (Phi) is 3.63. The van der Waals surface area contributed by atoms with Crippen molar-refractivity contribution < 1.29 is 20.1 Å². The van der Waals surface area contributed by atoms with E-state index in [2.05, 4.69) is 35.8 Å². The third-order valence-corrected chi connectivity index (χ3v) is 2.90. The zero-order chi connectivity index (χ0) is 11.0. The molecule has 0 aliphatic carbocycles. The molecule has 0 saturated heterocycles. The first-order chi connectivity index (χ1) is 7.86. The van der Waals surface area contributed by atoms with Gasteiger partial charge in [0.25, 0.3) is 0 Å². The van der Waals surface area contributed by atoms with Crippen LogP contribution in [-0.4, -0.2) is 7.05 Å². The molecule has 3 rings (SSSR count). The summed E-state index contributed by atoms with van der Waals surface area (Å²) in [4.78, 5) is 0. The van der Waals surface area contributed by atoms with Gasteiger partial charge < -0.3 is 10.4 Å². The molecule has 1 aliphatic heterocycles. The average molecular weight is 400 g/mol. The van der Waals surface area contributed by atoms with Gasteiger partial charge in [-0.15, -0.1) is 0 Å². The number of benzene rings is 2. The Balaban J connectivity index is 0.00000108. The van der Waals surface area contributed by atoms with Crippen molar-refractivity contribution in [2.75, 3.05) is 12.1 Å². The fourth-order valence-corrected chi connectivity index (χ4v) is 2.12. The van der Waals surface area contributed by atoms with Crippen molar-refractivity contribution in [1.82, 2.24) is 0 Å². The van der Waals surface area contributed by atoms with Crippen LogP contribution in [0.1, 0.15) is 17.2 Å². The van der Waals surface area contributed by atoms with Crippen LogP contribution in [0.15, 0.2) is 48.5 Å². The Hall–Kier alpha value is -1.15. The molecule has 0 bridgehead atoms. The van der Waals surface area contributed by atoms with E-state index in [1.807, 2.05) is 36.3 Å². The molecule has 1 unspecified atom stereocenters. The molecule has 2 nitrogen and oxygen atoms in total. The molecule has 0 spiro atoms. The molecule has 0 amide bonds. The first-order valence-electron chi connectivity index (χ1n) is 5.36. The van der Waals surface area contributed by atoms with Gasteiger partial charge in [0.1, 0.15) is 0 Å². The molecule has 0 fully saturated rings. The van der Waals surface area contributed by atoms with Gasteiger partial charge in [-0.25, -0.2) is 0 Å². The van der Waals surface area contributed by atoms with Crippen molar-refractivity contribution in [2.45, 2.75) is 6.04 Å². The van der Waals surface area contributed by atoms with Crippen LogP contribution in [0, 0.1) is 6.07 Å². The number of hydrogen-bond acceptors (Lipinski definition) is 1. The van der Waals surface area contributed by atoms with Crippen LogP contribution < -0.4 is 5.01 Å². The number of para-hydroxylation sites is 1. The first-order valence-corrected chi connectivity index (χ1v) is 5.36. The van der Waals surface area contributed by atoms with Gasteiger partial charge in [-0.3, -0.25) is 0 Å². The van der Waals surface area contributed by atoms with Crippen molar-refractivity contribution in [2.24, 2.45) is 0 Å². The van der Waals surface area contributed by atoms with E-state index in [-0.39, 0.29) is 26.1 Å². The van der Waals surface area contributed by atoms with E-state index in [9.17, 15) is 0 Å². The van der Waals surface area contributed by atoms with Crippen LogP contribution in [-0.2, 0) is 20.1 Å². The van der Waals surface area contributed by atoms with Crippen molar-refractivity contribution >= 4 is 5.69 Å². The Morgan fingerprint density at radius 1 is 1.12 bits per heavy atom. The van der Waals surface area contributed by atoms with Crippen LogP contribution in [0.3, 0.4) is 0 Å². The van der Waals surface area contributed by atoms with Gasteiger partial charge in [-0.05, 0) is 18.7 Å². The maximum Gasteiger partial charge on any atom is 0.0214 e. The van der Waals surface area contributed by atoms with Crippen LogP contribution >= 0.6 is 0 Å². The maximum atomic E-state index is 4.63. The smallest absolute Gasteiger partial charge is 0.0214 e. The van der Waals surface area contributed by atoms with E-state index in [1.165, 1.54) is 11.3 Å². The summed E-state index contributed by atoms with van der Waals surface area (Å²) in [6, 6.07) is 19.7. The molecule has 0 saturated carbocycles. The Bertz CT molecular complexity index is 499. The first kappa shape index (κ1) is 12.3. The van der Waals surface area contributed by atoms with Crippen molar-refractivity contribution in [3.63, 3.8) is 0 Å². The van der Waals surface area contributed by atoms with Gasteiger partial charge in [-0.1, -0.05) is 24.2 Å². The van der Waals surface area contributed by atoms with E-state index in [0.717, 1.165) is 5.56 Å². The largest absolute Gasteiger partial charge is 0.560 e. The monoisotopic (exact) mass is 401 g/mol. The number of fused-ring (bicyclic) bond motifs is 1. The molecule has 3 heteroatoms. The van der Waals surface area contributed by atoms with Crippen LogP contribution in [0.25, 0.3) is 5.43 Å². The average Bonchev–Trinajstić information content (AvgIpc) is 2.69. The zero-order valence-electron chi connectivity index (χ0n) is 9.42. The second-order valence-corrected chi connectivity index (χ2v) is 3.92. The van der Waals surface area contributed by atoms with Crippen molar-refractivity contribution in [1.29, 1.82) is 0 Å². The van der Waals surface area contributed by atoms with E-state index in [4.69, 9.17) is 0 Å². The third-order valence-electron chi connectivity index (χ3n) is 2.90. The molecule has 0 N–H and O–H groups in total. The van der Waals surface area contributed by atoms with Gasteiger partial charge in [-0.2, -0.15) is 35.9 Å². The predicted molar refractivity (Wildman–Crippen MR) is 65.3 cm³/mol. The summed E-state index contributed by atoms with van der Waals surface area (Å²) >= 11 is 0. The van der Waals surface area contributed by atoms with Gasteiger partial charge in [0, 0.05) is 25.8 Å². The summed E-state index contributed by atoms with van der Waals surface area (Å²) in [6.45, 7) is 0. The summed E-state index contributed by atoms with van der Waals surface area (Å²) in [5.74, 6) is 0. The SMILES string of the molecule is CN1[N-]C(c2[c-]cccc2)c2ccccc21.[Ir]. The van der Waals surface area contributed by atoms with Crippen LogP contribution in [0.2, 0.25) is 0 Å². The fraction of sp³-hybridized carbons (Fsp3) is 0.143. The molecule has 2 aromatic rings. The Morgan fingerprint density at radius 3 is 2.65 bits per heavy atom. The van der Waals surface area contributed by atoms with Gasteiger partial charge in [0.05, 0.1) is 0 Å². The molecular formula is C14H12IrN2-2. The number of nitrogens with zero attached hydrogens (tertiary/aromatic N) is 2. The van der Waals surface area contributed by atoms with Crippen molar-refractivity contribution in [3.8, 4) is 0 Å². The summed E-state index contributed by atoms with van der Waals surface area (Å²) in [7, 11) is 1.99. The summed E-state index contributed by atoms with van der Waals surface area (Å²) in [6.07, 6.45) is 0. The molecule has 0 aromatic heterocycles. The number of rotatable bonds is 1. The standard InChI is InChI=1S/C14H12N2.Ir/c1-16-13-10-6-5-9-12(13)14(15-16)11-7-3-2-4-8-11;/h2-7,9-10,14H,1H3;/q-2;. The quantitative estimate of drug-likeness (QED) is 0.672. The molecule has 1 heterocycles. The number of hydrogen-bond donors (Lipinski definition) is 0. The minimum atomic E-state index is 0. The topological polar surface area (TPSA) is 17.3 Å². The normalized spacial score (nSPS) is 17.5. The Labute approximate surface area is 115 Å². The van der Waals surface area contributed by atoms with Crippen LogP contribution in [0.5, 0.6) is 0 Å². The van der Waals surface area contributed by atoms with E-state index in [0.29, 0.717) is 0 Å². The molecule has 89 valence electrons. The zero-order valence-corrected chi connectivity index (χ0v) is 11.8. The molecule has 2 aromatic carbocycles. The van der Waals surface area contributed by atoms with Gasteiger partial charge in [0.2, 0.25) is 0 Å². The minimum Gasteiger partial charge on any atom is -0.560 e. The predicted octanol–water partition coefficient (Wildman–Crippen LogP) is 3.31. The van der Waals surface area contributed by atoms with Crippen LogP contribution in [0.4, 0.5) is 5.69 Å². The Morgan fingerprint density at radius 2 is 1.88 bits per heavy atom. The minimum absolute atomic E-state index is 0. The van der Waals surface area contributed by atoms with Gasteiger partial charge in [0.15, 0.2) is 0 Å². The maximum absolute atomic E-state index is 4.63. The van der Waals surface area contributed by atoms with E-state index >= 15 is 0 Å².